The molecule has 0 saturated heterocycles. The largest absolute Gasteiger partial charge is 0.284 e. The summed E-state index contributed by atoms with van der Waals surface area (Å²) in [7, 11) is 1.70. The second-order valence-electron chi connectivity index (χ2n) is 5.86. The number of hydrogen-bond donors (Lipinski definition) is 0. The second kappa shape index (κ2) is 7.03. The minimum absolute atomic E-state index is 0.0354. The van der Waals surface area contributed by atoms with Crippen LogP contribution in [0.2, 0.25) is 10.0 Å². The van der Waals surface area contributed by atoms with Crippen molar-refractivity contribution in [2.24, 2.45) is 0 Å². The van der Waals surface area contributed by atoms with E-state index in [1.807, 2.05) is 0 Å². The van der Waals surface area contributed by atoms with Crippen LogP contribution in [-0.2, 0) is 6.54 Å². The highest BCUT2D eigenvalue weighted by atomic mass is 35.5. The Morgan fingerprint density at radius 2 is 1.81 bits per heavy atom. The van der Waals surface area contributed by atoms with E-state index in [4.69, 9.17) is 23.2 Å². The number of carbonyl (C=O) groups is 2. The van der Waals surface area contributed by atoms with Crippen LogP contribution in [0.1, 0.15) is 26.3 Å². The lowest BCUT2D eigenvalue weighted by atomic mass is 10.1. The van der Waals surface area contributed by atoms with Gasteiger partial charge >= 0.3 is 0 Å². The first-order chi connectivity index (χ1) is 12.3. The van der Waals surface area contributed by atoms with Gasteiger partial charge in [-0.3, -0.25) is 29.5 Å². The van der Waals surface area contributed by atoms with Crippen molar-refractivity contribution in [1.29, 1.82) is 0 Å². The number of amides is 2. The topological polar surface area (TPSA) is 83.8 Å². The van der Waals surface area contributed by atoms with Gasteiger partial charge in [-0.25, -0.2) is 0 Å². The van der Waals surface area contributed by atoms with Crippen molar-refractivity contribution in [3.8, 4) is 0 Å². The molecular weight excluding hydrogens is 381 g/mol. The molecule has 1 heterocycles. The van der Waals surface area contributed by atoms with E-state index >= 15 is 0 Å². The lowest BCUT2D eigenvalue weighted by Gasteiger charge is -2.23. The van der Waals surface area contributed by atoms with Gasteiger partial charge in [0.2, 0.25) is 0 Å². The summed E-state index contributed by atoms with van der Waals surface area (Å²) < 4.78 is 0. The summed E-state index contributed by atoms with van der Waals surface area (Å²) in [5.74, 6) is -1.24. The van der Waals surface area contributed by atoms with Crippen LogP contribution in [0.25, 0.3) is 0 Å². The average Bonchev–Trinajstić information content (AvgIpc) is 2.84. The van der Waals surface area contributed by atoms with Gasteiger partial charge in [0.1, 0.15) is 5.56 Å². The van der Waals surface area contributed by atoms with Gasteiger partial charge in [-0.05, 0) is 24.7 Å². The Labute approximate surface area is 158 Å². The number of fused-ring (bicyclic) bond motifs is 1. The molecule has 0 atom stereocenters. The lowest BCUT2D eigenvalue weighted by Crippen LogP contribution is -2.39. The monoisotopic (exact) mass is 393 g/mol. The third-order valence-corrected chi connectivity index (χ3v) is 4.89. The summed E-state index contributed by atoms with van der Waals surface area (Å²) in [4.78, 5) is 38.2. The zero-order valence-electron chi connectivity index (χ0n) is 13.6. The highest BCUT2D eigenvalue weighted by Crippen LogP contribution is 2.31. The Bertz CT molecular complexity index is 932. The molecule has 0 saturated carbocycles. The Morgan fingerprint density at radius 3 is 2.50 bits per heavy atom. The number of nitrogens with zero attached hydrogens (tertiary/aromatic N) is 3. The molecule has 2 amide bonds. The van der Waals surface area contributed by atoms with Crippen LogP contribution in [0.3, 0.4) is 0 Å². The van der Waals surface area contributed by atoms with Crippen molar-refractivity contribution in [2.75, 3.05) is 13.7 Å². The number of rotatable bonds is 5. The van der Waals surface area contributed by atoms with E-state index in [-0.39, 0.29) is 23.5 Å². The summed E-state index contributed by atoms with van der Waals surface area (Å²) in [6.07, 6.45) is 0. The van der Waals surface area contributed by atoms with Crippen LogP contribution in [0.5, 0.6) is 0 Å². The average molecular weight is 394 g/mol. The normalized spacial score (nSPS) is 13.5. The molecule has 0 aliphatic carbocycles. The number of nitro benzene ring substituents is 1. The van der Waals surface area contributed by atoms with Crippen LogP contribution >= 0.6 is 23.2 Å². The fourth-order valence-electron chi connectivity index (χ4n) is 2.85. The van der Waals surface area contributed by atoms with Crippen molar-refractivity contribution in [3.63, 3.8) is 0 Å². The van der Waals surface area contributed by atoms with Gasteiger partial charge in [-0.1, -0.05) is 41.4 Å². The number of imide groups is 1. The molecule has 0 bridgehead atoms. The van der Waals surface area contributed by atoms with Gasteiger partial charge in [0.05, 0.1) is 27.2 Å². The first kappa shape index (κ1) is 18.3. The molecule has 7 nitrogen and oxygen atoms in total. The van der Waals surface area contributed by atoms with E-state index < -0.39 is 16.7 Å². The summed E-state index contributed by atoms with van der Waals surface area (Å²) >= 11 is 12.1. The van der Waals surface area contributed by atoms with Crippen LogP contribution in [-0.4, -0.2) is 40.3 Å². The molecule has 0 N–H and O–H groups in total. The number of hydrogen-bond acceptors (Lipinski definition) is 5. The molecule has 2 aromatic carbocycles. The molecule has 0 unspecified atom stereocenters. The van der Waals surface area contributed by atoms with Crippen molar-refractivity contribution >= 4 is 40.7 Å². The Morgan fingerprint density at radius 1 is 1.12 bits per heavy atom. The molecule has 1 aliphatic rings. The quantitative estimate of drug-likeness (QED) is 0.440. The predicted octanol–water partition coefficient (Wildman–Crippen LogP) is 3.59. The Kier molecular flexibility index (Phi) is 4.95. The zero-order chi connectivity index (χ0) is 19.0. The predicted molar refractivity (Wildman–Crippen MR) is 96.4 cm³/mol. The van der Waals surface area contributed by atoms with Crippen molar-refractivity contribution in [2.45, 2.75) is 6.54 Å². The molecule has 0 fully saturated rings. The minimum atomic E-state index is -0.679. The number of nitro groups is 1. The summed E-state index contributed by atoms with van der Waals surface area (Å²) in [5, 5.41) is 12.0. The Hall–Kier alpha value is -2.48. The minimum Gasteiger partial charge on any atom is -0.284 e. The smallest absolute Gasteiger partial charge is 0.282 e. The molecule has 0 spiro atoms. The van der Waals surface area contributed by atoms with Crippen LogP contribution in [0, 0.1) is 10.1 Å². The zero-order valence-corrected chi connectivity index (χ0v) is 15.1. The van der Waals surface area contributed by atoms with E-state index in [0.29, 0.717) is 16.6 Å². The number of benzene rings is 2. The SMILES string of the molecule is CN(Cc1cccc(Cl)c1Cl)CN1C(=O)c2cccc([N+](=O)[O-])c2C1=O. The maximum atomic E-state index is 12.6. The van der Waals surface area contributed by atoms with Crippen LogP contribution in [0.15, 0.2) is 36.4 Å². The molecule has 26 heavy (non-hydrogen) atoms. The maximum Gasteiger partial charge on any atom is 0.282 e. The lowest BCUT2D eigenvalue weighted by molar-refractivity contribution is -0.385. The third-order valence-electron chi connectivity index (χ3n) is 4.03. The van der Waals surface area contributed by atoms with E-state index in [1.165, 1.54) is 18.2 Å². The van der Waals surface area contributed by atoms with Crippen LogP contribution < -0.4 is 0 Å². The fourth-order valence-corrected chi connectivity index (χ4v) is 3.23. The standard InChI is InChI=1S/C17H13Cl2N3O4/c1-20(8-10-4-2-6-12(18)15(10)19)9-21-16(23)11-5-3-7-13(22(25)26)14(11)17(21)24/h2-7H,8-9H2,1H3. The second-order valence-corrected chi connectivity index (χ2v) is 6.65. The highest BCUT2D eigenvalue weighted by Gasteiger charge is 2.41. The van der Waals surface area contributed by atoms with Crippen molar-refractivity contribution < 1.29 is 14.5 Å². The van der Waals surface area contributed by atoms with Gasteiger partial charge in [0, 0.05) is 12.6 Å². The number of halogens is 2. The van der Waals surface area contributed by atoms with Gasteiger partial charge < -0.3 is 0 Å². The summed E-state index contributed by atoms with van der Waals surface area (Å²) in [6, 6.07) is 9.22. The summed E-state index contributed by atoms with van der Waals surface area (Å²) in [5.41, 5.74) is 0.239. The van der Waals surface area contributed by atoms with E-state index in [0.717, 1.165) is 10.5 Å². The third kappa shape index (κ3) is 3.16. The van der Waals surface area contributed by atoms with E-state index in [1.54, 1.807) is 30.1 Å². The van der Waals surface area contributed by atoms with Gasteiger partial charge in [-0.2, -0.15) is 0 Å². The first-order valence-electron chi connectivity index (χ1n) is 7.56. The molecule has 134 valence electrons. The molecule has 0 aromatic heterocycles. The maximum absolute atomic E-state index is 12.6. The fraction of sp³-hybridized carbons (Fsp3) is 0.176. The first-order valence-corrected chi connectivity index (χ1v) is 8.32. The Balaban J connectivity index is 1.82. The molecule has 3 rings (SSSR count). The van der Waals surface area contributed by atoms with E-state index in [2.05, 4.69) is 0 Å². The van der Waals surface area contributed by atoms with Gasteiger partial charge in [0.15, 0.2) is 0 Å². The molecule has 2 aromatic rings. The van der Waals surface area contributed by atoms with Crippen molar-refractivity contribution in [3.05, 3.63) is 73.2 Å². The molecular formula is C17H13Cl2N3O4. The van der Waals surface area contributed by atoms with Crippen molar-refractivity contribution in [1.82, 2.24) is 9.80 Å². The van der Waals surface area contributed by atoms with Crippen LogP contribution in [0.4, 0.5) is 5.69 Å². The van der Waals surface area contributed by atoms with E-state index in [9.17, 15) is 19.7 Å². The van der Waals surface area contributed by atoms with Gasteiger partial charge in [0.25, 0.3) is 17.5 Å². The highest BCUT2D eigenvalue weighted by molar-refractivity contribution is 6.42. The molecule has 0 radical (unpaired) electrons. The number of carbonyl (C=O) groups excluding carboxylic acids is 2. The molecule has 1 aliphatic heterocycles. The molecule has 9 heteroatoms. The van der Waals surface area contributed by atoms with Gasteiger partial charge in [-0.15, -0.1) is 0 Å². The summed E-state index contributed by atoms with van der Waals surface area (Å²) in [6.45, 7) is 0.307.